The zero-order valence-corrected chi connectivity index (χ0v) is 13.7. The SMILES string of the molecule is C/C(=N\Nc1ccc2ccccc2n1)c1ccc(-n2cncn2)cc1. The van der Waals surface area contributed by atoms with Crippen LogP contribution >= 0.6 is 0 Å². The van der Waals surface area contributed by atoms with Crippen molar-refractivity contribution in [1.82, 2.24) is 19.7 Å². The second kappa shape index (κ2) is 6.52. The van der Waals surface area contributed by atoms with Gasteiger partial charge in [-0.05, 0) is 42.8 Å². The molecule has 2 aromatic heterocycles. The first kappa shape index (κ1) is 15.0. The van der Waals surface area contributed by atoms with Crippen molar-refractivity contribution >= 4 is 22.4 Å². The lowest BCUT2D eigenvalue weighted by Crippen LogP contribution is -2.02. The van der Waals surface area contributed by atoms with Crippen molar-refractivity contribution < 1.29 is 0 Å². The van der Waals surface area contributed by atoms with E-state index in [2.05, 4.69) is 25.6 Å². The standard InChI is InChI=1S/C19H16N6/c1-14(15-6-9-17(10-7-15)25-13-20-12-21-25)23-24-19-11-8-16-4-2-3-5-18(16)22-19/h2-13H,1H3,(H,22,24)/b23-14+. The molecule has 0 unspecified atom stereocenters. The van der Waals surface area contributed by atoms with Crippen LogP contribution in [0.2, 0.25) is 0 Å². The number of benzene rings is 2. The number of para-hydroxylation sites is 1. The van der Waals surface area contributed by atoms with Crippen molar-refractivity contribution in [2.45, 2.75) is 6.92 Å². The molecule has 25 heavy (non-hydrogen) atoms. The number of anilines is 1. The predicted molar refractivity (Wildman–Crippen MR) is 98.9 cm³/mol. The number of rotatable bonds is 4. The molecule has 122 valence electrons. The highest BCUT2D eigenvalue weighted by Gasteiger charge is 2.01. The third kappa shape index (κ3) is 3.23. The summed E-state index contributed by atoms with van der Waals surface area (Å²) >= 11 is 0. The van der Waals surface area contributed by atoms with Crippen molar-refractivity contribution in [3.05, 3.63) is 78.9 Å². The molecule has 0 spiro atoms. The zero-order valence-electron chi connectivity index (χ0n) is 13.7. The molecule has 0 saturated heterocycles. The first-order chi connectivity index (χ1) is 12.3. The number of hydrogen-bond acceptors (Lipinski definition) is 5. The van der Waals surface area contributed by atoms with Gasteiger partial charge in [-0.1, -0.05) is 30.3 Å². The van der Waals surface area contributed by atoms with E-state index in [-0.39, 0.29) is 0 Å². The molecule has 0 radical (unpaired) electrons. The van der Waals surface area contributed by atoms with Crippen LogP contribution in [0.3, 0.4) is 0 Å². The first-order valence-electron chi connectivity index (χ1n) is 7.91. The normalized spacial score (nSPS) is 11.6. The smallest absolute Gasteiger partial charge is 0.146 e. The highest BCUT2D eigenvalue weighted by molar-refractivity contribution is 5.99. The monoisotopic (exact) mass is 328 g/mol. The molecule has 0 aliphatic heterocycles. The Kier molecular flexibility index (Phi) is 3.92. The van der Waals surface area contributed by atoms with Gasteiger partial charge < -0.3 is 0 Å². The van der Waals surface area contributed by atoms with Crippen molar-refractivity contribution in [2.24, 2.45) is 5.10 Å². The minimum atomic E-state index is 0.720. The maximum absolute atomic E-state index is 4.55. The van der Waals surface area contributed by atoms with Gasteiger partial charge in [0, 0.05) is 5.39 Å². The Balaban J connectivity index is 1.52. The van der Waals surface area contributed by atoms with Crippen LogP contribution in [0.15, 0.2) is 78.4 Å². The molecule has 0 aliphatic rings. The van der Waals surface area contributed by atoms with E-state index < -0.39 is 0 Å². The summed E-state index contributed by atoms with van der Waals surface area (Å²) in [6, 6.07) is 19.9. The molecular formula is C19H16N6. The van der Waals surface area contributed by atoms with E-state index in [1.54, 1.807) is 11.0 Å². The lowest BCUT2D eigenvalue weighted by atomic mass is 10.1. The second-order valence-corrected chi connectivity index (χ2v) is 5.59. The van der Waals surface area contributed by atoms with E-state index in [1.807, 2.05) is 67.6 Å². The van der Waals surface area contributed by atoms with E-state index >= 15 is 0 Å². The van der Waals surface area contributed by atoms with Crippen LogP contribution in [0.25, 0.3) is 16.6 Å². The van der Waals surface area contributed by atoms with Crippen LogP contribution in [-0.4, -0.2) is 25.5 Å². The summed E-state index contributed by atoms with van der Waals surface area (Å²) in [4.78, 5) is 8.50. The largest absolute Gasteiger partial charge is 0.261 e. The van der Waals surface area contributed by atoms with Gasteiger partial charge in [0.1, 0.15) is 18.5 Å². The van der Waals surface area contributed by atoms with Crippen molar-refractivity contribution in [1.29, 1.82) is 0 Å². The van der Waals surface area contributed by atoms with Gasteiger partial charge in [0.25, 0.3) is 0 Å². The number of pyridine rings is 1. The van der Waals surface area contributed by atoms with E-state index in [0.29, 0.717) is 0 Å². The van der Waals surface area contributed by atoms with Gasteiger partial charge in [0.05, 0.1) is 16.9 Å². The van der Waals surface area contributed by atoms with E-state index in [4.69, 9.17) is 0 Å². The van der Waals surface area contributed by atoms with Gasteiger partial charge >= 0.3 is 0 Å². The van der Waals surface area contributed by atoms with Crippen LogP contribution in [0.4, 0.5) is 5.82 Å². The lowest BCUT2D eigenvalue weighted by molar-refractivity contribution is 0.879. The summed E-state index contributed by atoms with van der Waals surface area (Å²) in [5.74, 6) is 0.720. The van der Waals surface area contributed by atoms with Gasteiger partial charge in [-0.3, -0.25) is 5.43 Å². The number of nitrogens with zero attached hydrogens (tertiary/aromatic N) is 5. The summed E-state index contributed by atoms with van der Waals surface area (Å²) in [6.45, 7) is 1.96. The highest BCUT2D eigenvalue weighted by Crippen LogP contribution is 2.15. The van der Waals surface area contributed by atoms with E-state index in [9.17, 15) is 0 Å². The van der Waals surface area contributed by atoms with Gasteiger partial charge in [0.15, 0.2) is 0 Å². The van der Waals surface area contributed by atoms with Crippen molar-refractivity contribution in [2.75, 3.05) is 5.43 Å². The van der Waals surface area contributed by atoms with Crippen LogP contribution in [-0.2, 0) is 0 Å². The Hall–Kier alpha value is -3.54. The van der Waals surface area contributed by atoms with Gasteiger partial charge in [0.2, 0.25) is 0 Å². The molecule has 4 rings (SSSR count). The fourth-order valence-electron chi connectivity index (χ4n) is 2.53. The first-order valence-corrected chi connectivity index (χ1v) is 7.91. The van der Waals surface area contributed by atoms with Gasteiger partial charge in [-0.25, -0.2) is 14.6 Å². The average Bonchev–Trinajstić information content (AvgIpc) is 3.21. The number of hydrogen-bond donors (Lipinski definition) is 1. The maximum Gasteiger partial charge on any atom is 0.146 e. The molecule has 6 nitrogen and oxygen atoms in total. The third-order valence-corrected chi connectivity index (χ3v) is 3.90. The molecule has 0 amide bonds. The van der Waals surface area contributed by atoms with Crippen LogP contribution in [0.5, 0.6) is 0 Å². The molecule has 0 bridgehead atoms. The predicted octanol–water partition coefficient (Wildman–Crippen LogP) is 3.65. The Morgan fingerprint density at radius 3 is 2.64 bits per heavy atom. The summed E-state index contributed by atoms with van der Waals surface area (Å²) in [5.41, 5.74) is 6.83. The topological polar surface area (TPSA) is 68.0 Å². The van der Waals surface area contributed by atoms with Crippen LogP contribution < -0.4 is 5.43 Å². The third-order valence-electron chi connectivity index (χ3n) is 3.90. The molecule has 0 atom stereocenters. The van der Waals surface area contributed by atoms with Gasteiger partial charge in [-0.15, -0.1) is 0 Å². The summed E-state index contributed by atoms with van der Waals surface area (Å²) in [6.07, 6.45) is 3.18. The van der Waals surface area contributed by atoms with Gasteiger partial charge in [-0.2, -0.15) is 10.2 Å². The summed E-state index contributed by atoms with van der Waals surface area (Å²) in [5, 5.41) is 9.66. The molecule has 1 N–H and O–H groups in total. The fraction of sp³-hybridized carbons (Fsp3) is 0.0526. The fourth-order valence-corrected chi connectivity index (χ4v) is 2.53. The molecular weight excluding hydrogens is 312 g/mol. The number of fused-ring (bicyclic) bond motifs is 1. The Labute approximate surface area is 144 Å². The van der Waals surface area contributed by atoms with E-state index in [1.165, 1.54) is 6.33 Å². The summed E-state index contributed by atoms with van der Waals surface area (Å²) < 4.78 is 1.72. The Morgan fingerprint density at radius 1 is 1.00 bits per heavy atom. The highest BCUT2D eigenvalue weighted by atomic mass is 15.3. The van der Waals surface area contributed by atoms with E-state index in [0.717, 1.165) is 33.7 Å². The van der Waals surface area contributed by atoms with Crippen LogP contribution in [0.1, 0.15) is 12.5 Å². The number of aromatic nitrogens is 4. The molecule has 2 heterocycles. The minimum absolute atomic E-state index is 0.720. The van der Waals surface area contributed by atoms with Crippen molar-refractivity contribution in [3.8, 4) is 5.69 Å². The minimum Gasteiger partial charge on any atom is -0.261 e. The molecule has 2 aromatic carbocycles. The zero-order chi connectivity index (χ0) is 17.1. The average molecular weight is 328 g/mol. The Bertz CT molecular complexity index is 1020. The molecule has 0 fully saturated rings. The van der Waals surface area contributed by atoms with Crippen LogP contribution in [0, 0.1) is 0 Å². The molecule has 6 heteroatoms. The number of nitrogens with one attached hydrogen (secondary N) is 1. The maximum atomic E-state index is 4.55. The molecule has 4 aromatic rings. The Morgan fingerprint density at radius 2 is 1.84 bits per heavy atom. The van der Waals surface area contributed by atoms with Crippen molar-refractivity contribution in [3.63, 3.8) is 0 Å². The summed E-state index contributed by atoms with van der Waals surface area (Å²) in [7, 11) is 0. The lowest BCUT2D eigenvalue weighted by Gasteiger charge is -2.06. The molecule has 0 saturated carbocycles. The quantitative estimate of drug-likeness (QED) is 0.458. The number of hydrazone groups is 1. The molecule has 0 aliphatic carbocycles. The second-order valence-electron chi connectivity index (χ2n) is 5.59.